The van der Waals surface area contributed by atoms with Gasteiger partial charge in [-0.3, -0.25) is 0 Å². The molecule has 1 aliphatic heterocycles. The van der Waals surface area contributed by atoms with Crippen LogP contribution in [-0.4, -0.2) is 22.8 Å². The van der Waals surface area contributed by atoms with E-state index in [1.165, 1.54) is 12.1 Å². The van der Waals surface area contributed by atoms with E-state index in [1.807, 2.05) is 18.2 Å². The van der Waals surface area contributed by atoms with E-state index < -0.39 is 17.9 Å². The zero-order chi connectivity index (χ0) is 23.7. The molecule has 5 heteroatoms. The molecule has 0 bridgehead atoms. The van der Waals surface area contributed by atoms with E-state index in [4.69, 9.17) is 4.74 Å². The number of aliphatic hydroxyl groups is 1. The van der Waals surface area contributed by atoms with E-state index >= 15 is 0 Å². The van der Waals surface area contributed by atoms with Crippen LogP contribution in [0.3, 0.4) is 0 Å². The lowest BCUT2D eigenvalue weighted by molar-refractivity contribution is 0.0508. The molecule has 0 fully saturated rings. The van der Waals surface area contributed by atoms with Gasteiger partial charge in [-0.2, -0.15) is 0 Å². The summed E-state index contributed by atoms with van der Waals surface area (Å²) in [5, 5.41) is 20.5. The van der Waals surface area contributed by atoms with Gasteiger partial charge in [0.1, 0.15) is 11.6 Å². The maximum absolute atomic E-state index is 13.8. The van der Waals surface area contributed by atoms with Gasteiger partial charge in [-0.15, -0.1) is 0 Å². The molecule has 0 spiro atoms. The highest BCUT2D eigenvalue weighted by atomic mass is 19.1. The van der Waals surface area contributed by atoms with E-state index in [1.54, 1.807) is 18.2 Å². The number of carboxylic acid groups (broad SMARTS) is 1. The fourth-order valence-electron chi connectivity index (χ4n) is 4.49. The minimum Gasteiger partial charge on any atom is -0.493 e. The van der Waals surface area contributed by atoms with E-state index in [-0.39, 0.29) is 17.0 Å². The number of aromatic carboxylic acids is 1. The quantitative estimate of drug-likeness (QED) is 0.380. The first kappa shape index (κ1) is 21.9. The van der Waals surface area contributed by atoms with Crippen molar-refractivity contribution in [3.05, 3.63) is 114 Å². The van der Waals surface area contributed by atoms with Gasteiger partial charge < -0.3 is 14.9 Å². The van der Waals surface area contributed by atoms with Gasteiger partial charge >= 0.3 is 5.97 Å². The van der Waals surface area contributed by atoms with E-state index in [0.29, 0.717) is 29.9 Å². The second kappa shape index (κ2) is 9.12. The van der Waals surface area contributed by atoms with E-state index in [9.17, 15) is 19.4 Å². The van der Waals surface area contributed by atoms with Gasteiger partial charge in [-0.25, -0.2) is 9.18 Å². The molecule has 4 nitrogen and oxygen atoms in total. The van der Waals surface area contributed by atoms with Gasteiger partial charge in [-0.1, -0.05) is 66.7 Å². The molecule has 170 valence electrons. The van der Waals surface area contributed by atoms with Crippen LogP contribution in [0.25, 0.3) is 22.3 Å². The second-order valence-electron chi connectivity index (χ2n) is 8.53. The molecular weight excluding hydrogens is 431 g/mol. The zero-order valence-electron chi connectivity index (χ0n) is 18.3. The number of halogens is 1. The molecule has 0 amide bonds. The van der Waals surface area contributed by atoms with Crippen molar-refractivity contribution in [1.82, 2.24) is 0 Å². The fourth-order valence-corrected chi connectivity index (χ4v) is 4.49. The Bertz CT molecular complexity index is 1330. The predicted octanol–water partition coefficient (Wildman–Crippen LogP) is 6.14. The summed E-state index contributed by atoms with van der Waals surface area (Å²) in [6.07, 6.45) is -0.0668. The molecule has 0 aromatic heterocycles. The molecule has 0 unspecified atom stereocenters. The highest BCUT2D eigenvalue weighted by molar-refractivity contribution is 5.96. The molecule has 2 N–H and O–H groups in total. The molecule has 4 aromatic carbocycles. The number of rotatable bonds is 5. The first-order valence-corrected chi connectivity index (χ1v) is 11.1. The molecule has 1 aliphatic rings. The Morgan fingerprint density at radius 3 is 2.32 bits per heavy atom. The number of ether oxygens (including phenoxy) is 1. The topological polar surface area (TPSA) is 66.8 Å². The van der Waals surface area contributed by atoms with Gasteiger partial charge in [-0.05, 0) is 58.5 Å². The highest BCUT2D eigenvalue weighted by Crippen LogP contribution is 2.40. The van der Waals surface area contributed by atoms with Crippen molar-refractivity contribution in [2.24, 2.45) is 5.92 Å². The van der Waals surface area contributed by atoms with E-state index in [0.717, 1.165) is 22.8 Å². The third-order valence-electron chi connectivity index (χ3n) is 6.31. The monoisotopic (exact) mass is 454 g/mol. The first-order chi connectivity index (χ1) is 16.5. The summed E-state index contributed by atoms with van der Waals surface area (Å²) in [5.74, 6) is -1.28. The SMILES string of the molecule is O=C(O)c1ccc(F)cc1-c1ccc2c(c1)OC[C@@H](Cc1ccc(-c3ccccc3)cc1)[C@H]2O. The van der Waals surface area contributed by atoms with Gasteiger partial charge in [0.15, 0.2) is 0 Å². The zero-order valence-corrected chi connectivity index (χ0v) is 18.3. The number of benzene rings is 4. The average molecular weight is 454 g/mol. The van der Waals surface area contributed by atoms with Crippen LogP contribution >= 0.6 is 0 Å². The molecular formula is C29H23FO4. The summed E-state index contributed by atoms with van der Waals surface area (Å²) >= 11 is 0. The molecule has 4 aromatic rings. The number of fused-ring (bicyclic) bond motifs is 1. The van der Waals surface area contributed by atoms with Crippen molar-refractivity contribution >= 4 is 5.97 Å². The molecule has 5 rings (SSSR count). The smallest absolute Gasteiger partial charge is 0.336 e. The Morgan fingerprint density at radius 1 is 0.882 bits per heavy atom. The highest BCUT2D eigenvalue weighted by Gasteiger charge is 2.30. The van der Waals surface area contributed by atoms with Crippen LogP contribution < -0.4 is 4.74 Å². The number of carbonyl (C=O) groups is 1. The van der Waals surface area contributed by atoms with Crippen LogP contribution in [0, 0.1) is 11.7 Å². The molecule has 2 atom stereocenters. The Kier molecular flexibility index (Phi) is 5.86. The van der Waals surface area contributed by atoms with Gasteiger partial charge in [0.05, 0.1) is 18.3 Å². The minimum absolute atomic E-state index is 0.00883. The predicted molar refractivity (Wildman–Crippen MR) is 128 cm³/mol. The van der Waals surface area contributed by atoms with Crippen molar-refractivity contribution < 1.29 is 24.1 Å². The normalized spacial score (nSPS) is 17.0. The Hall–Kier alpha value is -3.96. The lowest BCUT2D eigenvalue weighted by Crippen LogP contribution is -2.27. The third-order valence-corrected chi connectivity index (χ3v) is 6.31. The van der Waals surface area contributed by atoms with Crippen LogP contribution in [0.4, 0.5) is 4.39 Å². The molecule has 0 saturated carbocycles. The standard InChI is InChI=1S/C29H23FO4/c30-23-11-13-24(29(32)33)26(16-23)21-10-12-25-27(15-21)34-17-22(28(25)31)14-18-6-8-20(9-7-18)19-4-2-1-3-5-19/h1-13,15-16,22,28,31H,14,17H2,(H,32,33)/t22-,28-/m1/s1. The third kappa shape index (κ3) is 4.30. The van der Waals surface area contributed by atoms with Gasteiger partial charge in [0.2, 0.25) is 0 Å². The Balaban J connectivity index is 1.36. The van der Waals surface area contributed by atoms with Crippen LogP contribution in [0.5, 0.6) is 5.75 Å². The van der Waals surface area contributed by atoms with Crippen molar-refractivity contribution in [3.8, 4) is 28.0 Å². The average Bonchev–Trinajstić information content (AvgIpc) is 2.86. The van der Waals surface area contributed by atoms with Crippen LogP contribution in [-0.2, 0) is 6.42 Å². The summed E-state index contributed by atoms with van der Waals surface area (Å²) in [6, 6.07) is 27.2. The second-order valence-corrected chi connectivity index (χ2v) is 8.53. The molecule has 34 heavy (non-hydrogen) atoms. The van der Waals surface area contributed by atoms with Crippen LogP contribution in [0.2, 0.25) is 0 Å². The summed E-state index contributed by atoms with van der Waals surface area (Å²) < 4.78 is 19.8. The van der Waals surface area contributed by atoms with Gasteiger partial charge in [0.25, 0.3) is 0 Å². The van der Waals surface area contributed by atoms with Crippen molar-refractivity contribution in [1.29, 1.82) is 0 Å². The maximum atomic E-state index is 13.8. The summed E-state index contributed by atoms with van der Waals surface area (Å²) in [4.78, 5) is 11.6. The number of carboxylic acids is 1. The molecule has 1 heterocycles. The largest absolute Gasteiger partial charge is 0.493 e. The summed E-state index contributed by atoms with van der Waals surface area (Å²) in [6.45, 7) is 0.326. The summed E-state index contributed by atoms with van der Waals surface area (Å²) in [5.41, 5.74) is 4.86. The van der Waals surface area contributed by atoms with Crippen molar-refractivity contribution in [3.63, 3.8) is 0 Å². The van der Waals surface area contributed by atoms with Crippen molar-refractivity contribution in [2.45, 2.75) is 12.5 Å². The van der Waals surface area contributed by atoms with Crippen LogP contribution in [0.15, 0.2) is 91.0 Å². The lowest BCUT2D eigenvalue weighted by Gasteiger charge is -2.31. The molecule has 0 aliphatic carbocycles. The van der Waals surface area contributed by atoms with E-state index in [2.05, 4.69) is 36.4 Å². The molecule has 0 saturated heterocycles. The number of hydrogen-bond acceptors (Lipinski definition) is 3. The molecule has 0 radical (unpaired) electrons. The maximum Gasteiger partial charge on any atom is 0.336 e. The lowest BCUT2D eigenvalue weighted by atomic mass is 9.86. The Labute approximate surface area is 196 Å². The fraction of sp³-hybridized carbons (Fsp3) is 0.138. The summed E-state index contributed by atoms with van der Waals surface area (Å²) in [7, 11) is 0. The Morgan fingerprint density at radius 2 is 1.59 bits per heavy atom. The first-order valence-electron chi connectivity index (χ1n) is 11.1. The van der Waals surface area contributed by atoms with Gasteiger partial charge in [0, 0.05) is 11.5 Å². The van der Waals surface area contributed by atoms with Crippen molar-refractivity contribution in [2.75, 3.05) is 6.61 Å². The minimum atomic E-state index is -1.13. The van der Waals surface area contributed by atoms with Crippen LogP contribution in [0.1, 0.15) is 27.6 Å². The number of aliphatic hydroxyl groups excluding tert-OH is 1. The number of hydrogen-bond donors (Lipinski definition) is 2.